The van der Waals surface area contributed by atoms with Crippen LogP contribution in [0.25, 0.3) is 0 Å². The zero-order chi connectivity index (χ0) is 30.3. The van der Waals surface area contributed by atoms with Crippen LogP contribution in [0.4, 0.5) is 0 Å². The van der Waals surface area contributed by atoms with Crippen molar-refractivity contribution in [3.63, 3.8) is 0 Å². The van der Waals surface area contributed by atoms with E-state index in [1.54, 1.807) is 0 Å². The molecule has 2 saturated heterocycles. The van der Waals surface area contributed by atoms with Gasteiger partial charge in [-0.15, -0.1) is 0 Å². The highest BCUT2D eigenvalue weighted by atomic mass is 16.7. The normalized spacial score (nSPS) is 37.6. The molecule has 40 heavy (non-hydrogen) atoms. The van der Waals surface area contributed by atoms with Crippen LogP contribution in [0.5, 0.6) is 0 Å². The molecule has 18 nitrogen and oxygen atoms in total. The van der Waals surface area contributed by atoms with Gasteiger partial charge >= 0.3 is 0 Å². The van der Waals surface area contributed by atoms with Crippen LogP contribution in [-0.4, -0.2) is 170 Å². The van der Waals surface area contributed by atoms with Gasteiger partial charge < -0.3 is 80.3 Å². The molecule has 18 heteroatoms. The number of amides is 2. The van der Waals surface area contributed by atoms with E-state index < -0.39 is 117 Å². The maximum atomic E-state index is 11.7. The van der Waals surface area contributed by atoms with Gasteiger partial charge in [0.05, 0.1) is 19.8 Å². The van der Waals surface area contributed by atoms with Crippen molar-refractivity contribution in [3.05, 3.63) is 0 Å². The summed E-state index contributed by atoms with van der Waals surface area (Å²) in [6.45, 7) is -0.515. The van der Waals surface area contributed by atoms with Crippen molar-refractivity contribution in [1.82, 2.24) is 10.6 Å². The van der Waals surface area contributed by atoms with Crippen LogP contribution >= 0.6 is 0 Å². The Labute approximate surface area is 228 Å². The van der Waals surface area contributed by atoms with Gasteiger partial charge in [0.15, 0.2) is 12.6 Å². The molecular weight excluding hydrogens is 548 g/mol. The number of ether oxygens (including phenoxy) is 4. The van der Waals surface area contributed by atoms with Crippen molar-refractivity contribution in [2.24, 2.45) is 0 Å². The summed E-state index contributed by atoms with van der Waals surface area (Å²) in [7, 11) is 0. The quantitative estimate of drug-likeness (QED) is 0.0893. The lowest BCUT2D eigenvalue weighted by Gasteiger charge is -2.47. The van der Waals surface area contributed by atoms with E-state index in [2.05, 4.69) is 10.6 Å². The van der Waals surface area contributed by atoms with Gasteiger partial charge in [-0.1, -0.05) is 0 Å². The summed E-state index contributed by atoms with van der Waals surface area (Å²) in [5, 5.41) is 96.1. The van der Waals surface area contributed by atoms with Crippen molar-refractivity contribution in [1.29, 1.82) is 0 Å². The fraction of sp³-hybridized carbons (Fsp3) is 0.864. The summed E-state index contributed by atoms with van der Waals surface area (Å²) in [6.07, 6.45) is -21.0. The van der Waals surface area contributed by atoms with E-state index in [9.17, 15) is 60.3 Å². The van der Waals surface area contributed by atoms with Gasteiger partial charge in [0.1, 0.15) is 79.4 Å². The summed E-state index contributed by atoms with van der Waals surface area (Å²) in [5.41, 5.74) is 0. The minimum Gasteiger partial charge on any atom is -0.394 e. The second-order valence-electron chi connectivity index (χ2n) is 9.44. The van der Waals surface area contributed by atoms with Gasteiger partial charge in [-0.25, -0.2) is 0 Å². The maximum absolute atomic E-state index is 11.7. The third kappa shape index (κ3) is 8.10. The fourth-order valence-corrected chi connectivity index (χ4v) is 4.37. The van der Waals surface area contributed by atoms with E-state index in [-0.39, 0.29) is 6.29 Å². The average molecular weight is 587 g/mol. The number of hydrogen-bond acceptors (Lipinski definition) is 16. The summed E-state index contributed by atoms with van der Waals surface area (Å²) < 4.78 is 21.9. The topological polar surface area (TPSA) is 294 Å². The number of carbonyl (C=O) groups excluding carboxylic acids is 3. The Morgan fingerprint density at radius 2 is 1.48 bits per heavy atom. The highest BCUT2D eigenvalue weighted by molar-refractivity contribution is 5.77. The molecule has 232 valence electrons. The van der Waals surface area contributed by atoms with Gasteiger partial charge in [0, 0.05) is 13.8 Å². The van der Waals surface area contributed by atoms with Gasteiger partial charge in [-0.3, -0.25) is 9.59 Å². The first-order valence-corrected chi connectivity index (χ1v) is 12.3. The fourth-order valence-electron chi connectivity index (χ4n) is 4.37. The Kier molecular flexibility index (Phi) is 13.2. The molecule has 2 amide bonds. The molecular formula is C22H38N2O16. The minimum absolute atomic E-state index is 0.139. The van der Waals surface area contributed by atoms with Crippen LogP contribution in [0.15, 0.2) is 0 Å². The Morgan fingerprint density at radius 1 is 0.875 bits per heavy atom. The number of aliphatic hydroxyl groups is 9. The first-order chi connectivity index (χ1) is 18.8. The Balaban J connectivity index is 2.27. The van der Waals surface area contributed by atoms with Crippen molar-refractivity contribution < 1.29 is 79.3 Å². The van der Waals surface area contributed by atoms with Gasteiger partial charge in [-0.05, 0) is 0 Å². The van der Waals surface area contributed by atoms with Gasteiger partial charge in [-0.2, -0.15) is 0 Å². The summed E-state index contributed by atoms with van der Waals surface area (Å²) in [5.74, 6) is -1.38. The second kappa shape index (κ2) is 15.4. The van der Waals surface area contributed by atoms with Crippen LogP contribution in [0.3, 0.4) is 0 Å². The average Bonchev–Trinajstić information content (AvgIpc) is 2.92. The Bertz CT molecular complexity index is 835. The highest BCUT2D eigenvalue weighted by Crippen LogP contribution is 2.30. The smallest absolute Gasteiger partial charge is 0.217 e. The van der Waals surface area contributed by atoms with Crippen molar-refractivity contribution >= 4 is 18.1 Å². The second-order valence-corrected chi connectivity index (χ2v) is 9.44. The standard InChI is InChI=1S/C22H38N2O16/c1-7(29)23-9(3-25)14(32)19(10(31)4-26)39-22-18(36)17(35)20(12(6-28)38-22)40-21-13(24-8(2)30)16(34)15(33)11(5-27)37-21/h3,9-22,26-28,31-36H,4-6H2,1-2H3,(H,23,29)(H,24,30)/t9-,10+,11+,12+,13+,14+,15-,16+,17+,18+,19+,20-,21-,22-/m0/s1. The largest absolute Gasteiger partial charge is 0.394 e. The molecule has 0 aliphatic carbocycles. The van der Waals surface area contributed by atoms with Crippen LogP contribution in [0, 0.1) is 0 Å². The van der Waals surface area contributed by atoms with E-state index >= 15 is 0 Å². The minimum atomic E-state index is -2.03. The molecule has 0 aromatic heterocycles. The van der Waals surface area contributed by atoms with E-state index in [1.807, 2.05) is 0 Å². The Morgan fingerprint density at radius 3 is 1.98 bits per heavy atom. The summed E-state index contributed by atoms with van der Waals surface area (Å²) in [6, 6.07) is -3.05. The monoisotopic (exact) mass is 586 g/mol. The van der Waals surface area contributed by atoms with Gasteiger partial charge in [0.2, 0.25) is 11.8 Å². The van der Waals surface area contributed by atoms with Crippen molar-refractivity contribution in [2.75, 3.05) is 19.8 Å². The number of carbonyl (C=O) groups is 3. The molecule has 2 fully saturated rings. The highest BCUT2D eigenvalue weighted by Gasteiger charge is 2.52. The van der Waals surface area contributed by atoms with Crippen LogP contribution in [0.1, 0.15) is 13.8 Å². The predicted octanol–water partition coefficient (Wildman–Crippen LogP) is -7.44. The number of aldehydes is 1. The number of aliphatic hydroxyl groups excluding tert-OH is 9. The predicted molar refractivity (Wildman–Crippen MR) is 126 cm³/mol. The van der Waals surface area contributed by atoms with Crippen LogP contribution in [0.2, 0.25) is 0 Å². The number of nitrogens with one attached hydrogen (secondary N) is 2. The lowest BCUT2D eigenvalue weighted by atomic mass is 9.95. The van der Waals surface area contributed by atoms with Crippen LogP contribution in [-0.2, 0) is 33.3 Å². The summed E-state index contributed by atoms with van der Waals surface area (Å²) in [4.78, 5) is 34.4. The molecule has 0 aromatic rings. The van der Waals surface area contributed by atoms with Gasteiger partial charge in [0.25, 0.3) is 0 Å². The maximum Gasteiger partial charge on any atom is 0.217 e. The molecule has 14 atom stereocenters. The zero-order valence-corrected chi connectivity index (χ0v) is 21.7. The third-order valence-corrected chi connectivity index (χ3v) is 6.44. The summed E-state index contributed by atoms with van der Waals surface area (Å²) >= 11 is 0. The molecule has 0 saturated carbocycles. The zero-order valence-electron chi connectivity index (χ0n) is 21.7. The molecule has 2 heterocycles. The first-order valence-electron chi connectivity index (χ1n) is 12.3. The lowest BCUT2D eigenvalue weighted by molar-refractivity contribution is -0.357. The lowest BCUT2D eigenvalue weighted by Crippen LogP contribution is -2.68. The molecule has 2 rings (SSSR count). The molecule has 0 unspecified atom stereocenters. The van der Waals surface area contributed by atoms with Crippen molar-refractivity contribution in [2.45, 2.75) is 99.6 Å². The molecule has 0 aromatic carbocycles. The first kappa shape index (κ1) is 34.3. The third-order valence-electron chi connectivity index (χ3n) is 6.44. The molecule has 0 bridgehead atoms. The number of hydrogen-bond donors (Lipinski definition) is 11. The Hall–Kier alpha value is -1.91. The molecule has 0 spiro atoms. The van der Waals surface area contributed by atoms with E-state index in [0.717, 1.165) is 13.8 Å². The molecule has 0 radical (unpaired) electrons. The molecule has 2 aliphatic rings. The molecule has 2 aliphatic heterocycles. The molecule has 11 N–H and O–H groups in total. The number of rotatable bonds is 13. The van der Waals surface area contributed by atoms with E-state index in [4.69, 9.17) is 18.9 Å². The van der Waals surface area contributed by atoms with Crippen molar-refractivity contribution in [3.8, 4) is 0 Å². The van der Waals surface area contributed by atoms with E-state index in [1.165, 1.54) is 0 Å². The van der Waals surface area contributed by atoms with Crippen LogP contribution < -0.4 is 10.6 Å². The van der Waals surface area contributed by atoms with E-state index in [0.29, 0.717) is 0 Å². The SMILES string of the molecule is CC(=O)N[C@H]1[C@H](O[C@@H]2[C@H](O)[C@@H](O)[C@H](O[C@@H]([C@H](O)[C@H](C=O)NC(C)=O)[C@H](O)CO)O[C@@H]2CO)O[C@H](CO)[C@H](O)[C@@H]1O.